The highest BCUT2D eigenvalue weighted by molar-refractivity contribution is 9.10. The van der Waals surface area contributed by atoms with E-state index in [1.807, 2.05) is 0 Å². The van der Waals surface area contributed by atoms with E-state index in [1.54, 1.807) is 6.07 Å². The van der Waals surface area contributed by atoms with Gasteiger partial charge in [0.05, 0.1) is 10.2 Å². The summed E-state index contributed by atoms with van der Waals surface area (Å²) in [6.07, 6.45) is 2.14. The molecule has 112 valence electrons. The minimum absolute atomic E-state index is 0.0957. The van der Waals surface area contributed by atoms with Gasteiger partial charge in [0, 0.05) is 11.6 Å². The van der Waals surface area contributed by atoms with Crippen LogP contribution in [0.3, 0.4) is 0 Å². The maximum Gasteiger partial charge on any atom is 0.387 e. The molecule has 2 rings (SSSR count). The number of anilines is 1. The lowest BCUT2D eigenvalue weighted by atomic mass is 9.98. The van der Waals surface area contributed by atoms with Gasteiger partial charge in [-0.1, -0.05) is 11.6 Å². The van der Waals surface area contributed by atoms with Crippen LogP contribution in [0.2, 0.25) is 5.02 Å². The molecule has 0 bridgehead atoms. The first-order chi connectivity index (χ1) is 9.56. The van der Waals surface area contributed by atoms with Crippen LogP contribution in [-0.2, 0) is 0 Å². The van der Waals surface area contributed by atoms with Gasteiger partial charge >= 0.3 is 6.61 Å². The fourth-order valence-electron chi connectivity index (χ4n) is 2.24. The van der Waals surface area contributed by atoms with E-state index < -0.39 is 6.61 Å². The van der Waals surface area contributed by atoms with Crippen molar-refractivity contribution < 1.29 is 13.5 Å². The van der Waals surface area contributed by atoms with Gasteiger partial charge in [0.15, 0.2) is 5.75 Å². The van der Waals surface area contributed by atoms with Gasteiger partial charge in [-0.2, -0.15) is 8.78 Å². The molecule has 0 aliphatic carbocycles. The van der Waals surface area contributed by atoms with Crippen LogP contribution >= 0.6 is 27.5 Å². The predicted molar refractivity (Wildman–Crippen MR) is 79.9 cm³/mol. The zero-order valence-corrected chi connectivity index (χ0v) is 13.1. The zero-order valence-electron chi connectivity index (χ0n) is 10.8. The van der Waals surface area contributed by atoms with Gasteiger partial charge in [-0.25, -0.2) is 0 Å². The number of rotatable bonds is 5. The molecule has 1 aromatic carbocycles. The summed E-state index contributed by atoms with van der Waals surface area (Å²) in [4.78, 5) is 0. The first kappa shape index (κ1) is 15.8. The lowest BCUT2D eigenvalue weighted by molar-refractivity contribution is -0.0498. The average Bonchev–Trinajstić information content (AvgIpc) is 2.40. The summed E-state index contributed by atoms with van der Waals surface area (Å²) in [7, 11) is 0. The van der Waals surface area contributed by atoms with E-state index in [-0.39, 0.29) is 5.75 Å². The van der Waals surface area contributed by atoms with Gasteiger partial charge < -0.3 is 15.4 Å². The number of benzene rings is 1. The summed E-state index contributed by atoms with van der Waals surface area (Å²) in [6.45, 7) is -0.168. The van der Waals surface area contributed by atoms with Crippen molar-refractivity contribution >= 4 is 33.2 Å². The molecule has 3 nitrogen and oxygen atoms in total. The fraction of sp³-hybridized carbons (Fsp3) is 0.538. The van der Waals surface area contributed by atoms with E-state index in [1.165, 1.54) is 6.07 Å². The van der Waals surface area contributed by atoms with Gasteiger partial charge in [-0.15, -0.1) is 0 Å². The van der Waals surface area contributed by atoms with Gasteiger partial charge in [0.1, 0.15) is 0 Å². The van der Waals surface area contributed by atoms with Crippen molar-refractivity contribution in [1.82, 2.24) is 5.32 Å². The van der Waals surface area contributed by atoms with Gasteiger partial charge in [0.25, 0.3) is 0 Å². The van der Waals surface area contributed by atoms with Crippen LogP contribution in [0.25, 0.3) is 0 Å². The van der Waals surface area contributed by atoms with Gasteiger partial charge in [-0.05, 0) is 59.9 Å². The average molecular weight is 370 g/mol. The molecule has 0 atom stereocenters. The molecule has 1 saturated heterocycles. The van der Waals surface area contributed by atoms with E-state index >= 15 is 0 Å². The maximum absolute atomic E-state index is 12.5. The molecular weight excluding hydrogens is 354 g/mol. The third-order valence-electron chi connectivity index (χ3n) is 3.26. The van der Waals surface area contributed by atoms with Crippen LogP contribution in [0.5, 0.6) is 5.75 Å². The second kappa shape index (κ2) is 7.43. The van der Waals surface area contributed by atoms with E-state index in [9.17, 15) is 8.78 Å². The number of alkyl halides is 2. The van der Waals surface area contributed by atoms with Crippen LogP contribution < -0.4 is 15.4 Å². The van der Waals surface area contributed by atoms with Crippen molar-refractivity contribution in [1.29, 1.82) is 0 Å². The molecule has 2 N–H and O–H groups in total. The predicted octanol–water partition coefficient (Wildman–Crippen LogP) is 4.12. The molecule has 1 aliphatic rings. The van der Waals surface area contributed by atoms with Crippen LogP contribution in [-0.4, -0.2) is 26.2 Å². The molecule has 0 unspecified atom stereocenters. The summed E-state index contributed by atoms with van der Waals surface area (Å²) in [5.74, 6) is 0.617. The highest BCUT2D eigenvalue weighted by atomic mass is 79.9. The molecule has 1 aromatic rings. The minimum atomic E-state index is -2.87. The summed E-state index contributed by atoms with van der Waals surface area (Å²) in [5, 5.41) is 6.92. The SMILES string of the molecule is FC(F)Oc1c(Br)cc(Cl)cc1NCC1CCNCC1. The zero-order chi connectivity index (χ0) is 14.5. The summed E-state index contributed by atoms with van der Waals surface area (Å²) in [5.41, 5.74) is 0.489. The molecule has 1 aliphatic heterocycles. The lowest BCUT2D eigenvalue weighted by Gasteiger charge is -2.24. The summed E-state index contributed by atoms with van der Waals surface area (Å²) < 4.78 is 29.9. The molecule has 0 aromatic heterocycles. The third kappa shape index (κ3) is 4.46. The topological polar surface area (TPSA) is 33.3 Å². The van der Waals surface area contributed by atoms with Crippen molar-refractivity contribution in [3.05, 3.63) is 21.6 Å². The number of hydrogen-bond acceptors (Lipinski definition) is 3. The first-order valence-corrected chi connectivity index (χ1v) is 7.62. The Kier molecular flexibility index (Phi) is 5.86. The Bertz CT molecular complexity index is 456. The number of halogens is 4. The second-order valence-corrected chi connectivity index (χ2v) is 6.01. The molecule has 0 spiro atoms. The number of ether oxygens (including phenoxy) is 1. The molecule has 1 heterocycles. The first-order valence-electron chi connectivity index (χ1n) is 6.44. The van der Waals surface area contributed by atoms with E-state index in [2.05, 4.69) is 31.3 Å². The molecule has 20 heavy (non-hydrogen) atoms. The molecule has 0 saturated carbocycles. The van der Waals surface area contributed by atoms with Crippen molar-refractivity contribution in [2.45, 2.75) is 19.5 Å². The van der Waals surface area contributed by atoms with E-state index in [0.717, 1.165) is 25.9 Å². The largest absolute Gasteiger partial charge is 0.431 e. The van der Waals surface area contributed by atoms with Crippen molar-refractivity contribution in [3.8, 4) is 5.75 Å². The van der Waals surface area contributed by atoms with E-state index in [4.69, 9.17) is 11.6 Å². The van der Waals surface area contributed by atoms with Crippen LogP contribution in [0, 0.1) is 5.92 Å². The van der Waals surface area contributed by atoms with Crippen LogP contribution in [0.1, 0.15) is 12.8 Å². The Morgan fingerprint density at radius 2 is 2.10 bits per heavy atom. The summed E-state index contributed by atoms with van der Waals surface area (Å²) >= 11 is 9.16. The Balaban J connectivity index is 2.08. The molecule has 0 amide bonds. The Labute approximate surface area is 130 Å². The number of nitrogens with one attached hydrogen (secondary N) is 2. The molecule has 1 fully saturated rings. The molecule has 7 heteroatoms. The third-order valence-corrected chi connectivity index (χ3v) is 4.06. The normalized spacial score (nSPS) is 16.4. The Morgan fingerprint density at radius 3 is 2.75 bits per heavy atom. The maximum atomic E-state index is 12.5. The minimum Gasteiger partial charge on any atom is -0.431 e. The Hall–Kier alpha value is -0.590. The highest BCUT2D eigenvalue weighted by Gasteiger charge is 2.17. The van der Waals surface area contributed by atoms with Crippen LogP contribution in [0.15, 0.2) is 16.6 Å². The lowest BCUT2D eigenvalue weighted by Crippen LogP contribution is -2.31. The van der Waals surface area contributed by atoms with Gasteiger partial charge in [-0.3, -0.25) is 0 Å². The Morgan fingerprint density at radius 1 is 1.40 bits per heavy atom. The van der Waals surface area contributed by atoms with E-state index in [0.29, 0.717) is 27.6 Å². The molecule has 0 radical (unpaired) electrons. The highest BCUT2D eigenvalue weighted by Crippen LogP contribution is 2.37. The standard InChI is InChI=1S/C13H16BrClF2N2O/c14-10-5-9(15)6-11(12(10)20-13(16)17)19-7-8-1-3-18-4-2-8/h5-6,8,13,18-19H,1-4,7H2. The van der Waals surface area contributed by atoms with Crippen molar-refractivity contribution in [3.63, 3.8) is 0 Å². The monoisotopic (exact) mass is 368 g/mol. The van der Waals surface area contributed by atoms with Crippen molar-refractivity contribution in [2.24, 2.45) is 5.92 Å². The van der Waals surface area contributed by atoms with Crippen LogP contribution in [0.4, 0.5) is 14.5 Å². The number of hydrogen-bond donors (Lipinski definition) is 2. The fourth-order valence-corrected chi connectivity index (χ4v) is 3.14. The summed E-state index contributed by atoms with van der Waals surface area (Å²) in [6, 6.07) is 3.14. The molecular formula is C13H16BrClF2N2O. The smallest absolute Gasteiger partial charge is 0.387 e. The van der Waals surface area contributed by atoms with Crippen molar-refractivity contribution in [2.75, 3.05) is 25.0 Å². The number of piperidine rings is 1. The second-order valence-electron chi connectivity index (χ2n) is 4.72. The quantitative estimate of drug-likeness (QED) is 0.819. The van der Waals surface area contributed by atoms with Gasteiger partial charge in [0.2, 0.25) is 0 Å².